The first kappa shape index (κ1) is 58.0. The van der Waals surface area contributed by atoms with Crippen LogP contribution in [-0.4, -0.2) is 53.6 Å². The van der Waals surface area contributed by atoms with E-state index in [9.17, 15) is 0 Å². The molecule has 0 radical (unpaired) electrons. The predicted octanol–water partition coefficient (Wildman–Crippen LogP) is 21.9. The van der Waals surface area contributed by atoms with E-state index in [1.807, 2.05) is 60.7 Å². The minimum atomic E-state index is 0.659. The van der Waals surface area contributed by atoms with Gasteiger partial charge in [0.05, 0.1) is 33.1 Å². The molecule has 0 amide bonds. The molecule has 0 atom stereocenters. The van der Waals surface area contributed by atoms with Gasteiger partial charge in [0.15, 0.2) is 11.6 Å². The Morgan fingerprint density at radius 2 is 0.549 bits per heavy atom. The summed E-state index contributed by atoms with van der Waals surface area (Å²) in [5.41, 5.74) is 20.9. The molecular formula is C88H53N11O3. The fourth-order valence-corrected chi connectivity index (χ4v) is 15.0. The molecule has 0 aliphatic rings. The van der Waals surface area contributed by atoms with Crippen LogP contribution in [0.2, 0.25) is 0 Å². The molecule has 22 rings (SSSR count). The summed E-state index contributed by atoms with van der Waals surface area (Å²) in [7, 11) is 0. The first-order valence-electron chi connectivity index (χ1n) is 33.6. The third kappa shape index (κ3) is 9.49. The summed E-state index contributed by atoms with van der Waals surface area (Å²) < 4.78 is 25.5. The Hall–Kier alpha value is -14.2. The fraction of sp³-hybridized carbons (Fsp3) is 0. The summed E-state index contributed by atoms with van der Waals surface area (Å²) in [5, 5.41) is 13.8. The van der Waals surface area contributed by atoms with Gasteiger partial charge in [-0.25, -0.2) is 39.9 Å². The minimum Gasteiger partial charge on any atom is -0.456 e. The van der Waals surface area contributed by atoms with Gasteiger partial charge in [-0.15, -0.1) is 0 Å². The largest absolute Gasteiger partial charge is 0.456 e. The quantitative estimate of drug-likeness (QED) is 0.150. The lowest BCUT2D eigenvalue weighted by atomic mass is 10.00. The molecule has 478 valence electrons. The second kappa shape index (κ2) is 23.8. The van der Waals surface area contributed by atoms with Gasteiger partial charge in [0.25, 0.3) is 0 Å². The van der Waals surface area contributed by atoms with Crippen LogP contribution in [0, 0.1) is 0 Å². The number of hydrogen-bond acceptors (Lipinski definition) is 11. The van der Waals surface area contributed by atoms with Crippen molar-refractivity contribution >= 4 is 131 Å². The molecule has 0 saturated carbocycles. The average Bonchev–Trinajstić information content (AvgIpc) is 1.57. The number of rotatable bonds is 7. The summed E-state index contributed by atoms with van der Waals surface area (Å²) in [6.45, 7) is 0. The van der Waals surface area contributed by atoms with E-state index in [0.29, 0.717) is 17.6 Å². The van der Waals surface area contributed by atoms with Crippen molar-refractivity contribution in [3.05, 3.63) is 323 Å². The van der Waals surface area contributed by atoms with Crippen LogP contribution in [0.1, 0.15) is 0 Å². The molecule has 0 unspecified atom stereocenters. The molecule has 0 aliphatic heterocycles. The Kier molecular flexibility index (Phi) is 13.5. The van der Waals surface area contributed by atoms with Crippen LogP contribution in [0.25, 0.3) is 194 Å². The lowest BCUT2D eigenvalue weighted by Gasteiger charge is -2.08. The Bertz CT molecular complexity index is 6710. The van der Waals surface area contributed by atoms with E-state index in [-0.39, 0.29) is 0 Å². The maximum Gasteiger partial charge on any atom is 0.234 e. The molecule has 0 spiro atoms. The van der Waals surface area contributed by atoms with Gasteiger partial charge < -0.3 is 22.4 Å². The molecule has 0 fully saturated rings. The number of hydrogen-bond donors (Lipinski definition) is 0. The summed E-state index contributed by atoms with van der Waals surface area (Å²) in [6, 6.07) is 98.8. The van der Waals surface area contributed by atoms with Crippen molar-refractivity contribution in [3.8, 4) is 62.4 Å². The zero-order valence-electron chi connectivity index (χ0n) is 54.2. The van der Waals surface area contributed by atoms with E-state index in [1.54, 1.807) is 12.4 Å². The van der Waals surface area contributed by atoms with Crippen molar-refractivity contribution in [1.82, 2.24) is 53.6 Å². The smallest absolute Gasteiger partial charge is 0.234 e. The molecule has 0 bridgehead atoms. The topological polar surface area (TPSA) is 157 Å². The molecule has 9 aromatic heterocycles. The van der Waals surface area contributed by atoms with Crippen LogP contribution in [0.4, 0.5) is 0 Å². The number of fused-ring (bicyclic) bond motifs is 21. The average molecular weight is 1310 g/mol. The van der Waals surface area contributed by atoms with E-state index < -0.39 is 0 Å². The Morgan fingerprint density at radius 1 is 0.216 bits per heavy atom. The Labute approximate surface area is 580 Å². The number of furan rings is 3. The molecule has 22 aromatic rings. The second-order valence-electron chi connectivity index (χ2n) is 25.1. The van der Waals surface area contributed by atoms with E-state index >= 15 is 0 Å². The van der Waals surface area contributed by atoms with Gasteiger partial charge in [0.2, 0.25) is 5.95 Å². The predicted molar refractivity (Wildman–Crippen MR) is 408 cm³/mol. The number of nitrogens with zero attached hydrogens (tertiary/aromatic N) is 11. The van der Waals surface area contributed by atoms with Gasteiger partial charge in [-0.3, -0.25) is 4.57 Å². The van der Waals surface area contributed by atoms with Crippen LogP contribution in [-0.2, 0) is 0 Å². The van der Waals surface area contributed by atoms with Gasteiger partial charge in [0.1, 0.15) is 58.8 Å². The summed E-state index contributed by atoms with van der Waals surface area (Å²) in [5.74, 6) is 1.99. The van der Waals surface area contributed by atoms with Crippen LogP contribution in [0.15, 0.2) is 336 Å². The zero-order valence-corrected chi connectivity index (χ0v) is 54.2. The zero-order chi connectivity index (χ0) is 67.2. The van der Waals surface area contributed by atoms with Gasteiger partial charge in [-0.2, -0.15) is 0 Å². The standard InChI is InChI=1S/C33H20N4O.C28H17N3O.C27H16N4O/c1-2-6-24(7-3-1)37-27-15-14-23(21-10-12-22(13-11-21)33-35-19-34-20-36-33)18-26(27)31-28(37)16-17-30-32(31)25-8-4-5-9-29(25)38-30;1-2-7-18(8-3-1)19-11-12-22-21(17-19)26-23(31(22)28-29-15-6-16-30-28)13-14-25-27(26)20-9-4-5-10-24(20)32-25;1-2-6-18(7-3-1)31-21-11-10-17(27-29-15-28-16-30-27)14-20(21)25-22(31)12-13-24-26(25)19-8-4-5-9-23(19)32-24/h1-20H;1-17H;1-16H. The molecule has 14 heteroatoms. The third-order valence-corrected chi connectivity index (χ3v) is 19.4. The highest BCUT2D eigenvalue weighted by atomic mass is 16.3. The van der Waals surface area contributed by atoms with E-state index in [1.165, 1.54) is 52.6 Å². The number of para-hydroxylation sites is 5. The van der Waals surface area contributed by atoms with Crippen LogP contribution in [0.5, 0.6) is 0 Å². The van der Waals surface area contributed by atoms with Crippen molar-refractivity contribution in [3.63, 3.8) is 0 Å². The first-order valence-corrected chi connectivity index (χ1v) is 33.6. The number of benzene rings is 13. The minimum absolute atomic E-state index is 0.659. The summed E-state index contributed by atoms with van der Waals surface area (Å²) in [6.07, 6.45) is 9.66. The van der Waals surface area contributed by atoms with E-state index in [2.05, 4.69) is 278 Å². The van der Waals surface area contributed by atoms with E-state index in [4.69, 9.17) is 13.3 Å². The highest BCUT2D eigenvalue weighted by molar-refractivity contribution is 6.30. The second-order valence-corrected chi connectivity index (χ2v) is 25.1. The highest BCUT2D eigenvalue weighted by Crippen LogP contribution is 2.46. The van der Waals surface area contributed by atoms with Gasteiger partial charge >= 0.3 is 0 Å². The van der Waals surface area contributed by atoms with Crippen molar-refractivity contribution in [2.24, 2.45) is 0 Å². The van der Waals surface area contributed by atoms with Crippen molar-refractivity contribution in [2.45, 2.75) is 0 Å². The molecule has 14 nitrogen and oxygen atoms in total. The lowest BCUT2D eigenvalue weighted by Crippen LogP contribution is -1.99. The fourth-order valence-electron chi connectivity index (χ4n) is 15.0. The van der Waals surface area contributed by atoms with Gasteiger partial charge in [0, 0.05) is 99.5 Å². The molecule has 13 aromatic carbocycles. The highest BCUT2D eigenvalue weighted by Gasteiger charge is 2.24. The summed E-state index contributed by atoms with van der Waals surface area (Å²) >= 11 is 0. The molecule has 102 heavy (non-hydrogen) atoms. The monoisotopic (exact) mass is 1310 g/mol. The Balaban J connectivity index is 0.000000103. The first-order chi connectivity index (χ1) is 50.6. The van der Waals surface area contributed by atoms with Crippen molar-refractivity contribution in [2.75, 3.05) is 0 Å². The molecule has 0 saturated heterocycles. The molecule has 9 heterocycles. The number of aromatic nitrogens is 11. The van der Waals surface area contributed by atoms with Crippen molar-refractivity contribution < 1.29 is 13.3 Å². The molecule has 0 N–H and O–H groups in total. The van der Waals surface area contributed by atoms with Crippen molar-refractivity contribution in [1.29, 1.82) is 0 Å². The maximum atomic E-state index is 6.27. The SMILES string of the molecule is c1ccc(-c2ccc3c(c2)c2c4c(ccc2n3-c2ncccn2)oc2ccccc24)cc1.c1ccc(-n2c3ccc(-c4ccc(-c5ncncn5)cc4)cc3c3c4c(ccc32)oc2ccccc24)cc1.c1ccc(-n2c3ccc(-c4ncncn4)cc3c3c4c(ccc32)oc2ccccc24)cc1. The maximum absolute atomic E-state index is 6.27. The molecule has 0 aliphatic carbocycles. The van der Waals surface area contributed by atoms with E-state index in [0.717, 1.165) is 149 Å². The third-order valence-electron chi connectivity index (χ3n) is 19.4. The normalized spacial score (nSPS) is 11.7. The van der Waals surface area contributed by atoms with Gasteiger partial charge in [-0.1, -0.05) is 158 Å². The van der Waals surface area contributed by atoms with Gasteiger partial charge in [-0.05, 0) is 150 Å². The Morgan fingerprint density at radius 3 is 1.00 bits per heavy atom. The lowest BCUT2D eigenvalue weighted by molar-refractivity contribution is 0.669. The summed E-state index contributed by atoms with van der Waals surface area (Å²) in [4.78, 5) is 34.3. The molecular weight excluding hydrogens is 1260 g/mol. The van der Waals surface area contributed by atoms with Crippen LogP contribution < -0.4 is 0 Å². The van der Waals surface area contributed by atoms with Crippen LogP contribution in [0.3, 0.4) is 0 Å². The van der Waals surface area contributed by atoms with Crippen LogP contribution >= 0.6 is 0 Å².